The van der Waals surface area contributed by atoms with Gasteiger partial charge in [0, 0.05) is 31.0 Å². The molecule has 0 unspecified atom stereocenters. The van der Waals surface area contributed by atoms with Crippen LogP contribution in [0.5, 0.6) is 5.75 Å². The van der Waals surface area contributed by atoms with Crippen LogP contribution < -0.4 is 20.3 Å². The normalized spacial score (nSPS) is 14.3. The van der Waals surface area contributed by atoms with Crippen molar-refractivity contribution in [2.75, 3.05) is 30.4 Å². The minimum absolute atomic E-state index is 0.206. The van der Waals surface area contributed by atoms with Gasteiger partial charge in [-0.15, -0.1) is 0 Å². The first kappa shape index (κ1) is 20.7. The van der Waals surface area contributed by atoms with Gasteiger partial charge in [0.05, 0.1) is 7.11 Å². The Labute approximate surface area is 172 Å². The second kappa shape index (κ2) is 9.96. The molecule has 1 saturated heterocycles. The van der Waals surface area contributed by atoms with Crippen LogP contribution in [0, 0.1) is 5.92 Å². The predicted octanol–water partition coefficient (Wildman–Crippen LogP) is 3.58. The highest BCUT2D eigenvalue weighted by Crippen LogP contribution is 2.24. The highest BCUT2D eigenvalue weighted by Gasteiger charge is 2.16. The zero-order valence-electron chi connectivity index (χ0n) is 17.1. The molecule has 1 aliphatic rings. The summed E-state index contributed by atoms with van der Waals surface area (Å²) in [4.78, 5) is 26.5. The minimum atomic E-state index is -0.322. The van der Waals surface area contributed by atoms with Gasteiger partial charge in [-0.2, -0.15) is 0 Å². The summed E-state index contributed by atoms with van der Waals surface area (Å²) < 4.78 is 5.11. The number of hydrogen-bond donors (Lipinski definition) is 2. The van der Waals surface area contributed by atoms with Gasteiger partial charge < -0.3 is 20.3 Å². The molecule has 6 heteroatoms. The van der Waals surface area contributed by atoms with Crippen LogP contribution in [0.1, 0.15) is 31.7 Å². The number of carbonyl (C=O) groups is 2. The molecule has 1 heterocycles. The van der Waals surface area contributed by atoms with Crippen molar-refractivity contribution in [2.45, 2.75) is 32.7 Å². The van der Waals surface area contributed by atoms with Gasteiger partial charge in [-0.1, -0.05) is 19.1 Å². The van der Waals surface area contributed by atoms with Crippen molar-refractivity contribution in [2.24, 2.45) is 5.92 Å². The van der Waals surface area contributed by atoms with Crippen LogP contribution in [0.2, 0.25) is 0 Å². The molecule has 29 heavy (non-hydrogen) atoms. The summed E-state index contributed by atoms with van der Waals surface area (Å²) in [6.45, 7) is 4.81. The van der Waals surface area contributed by atoms with Crippen molar-refractivity contribution in [3.05, 3.63) is 54.1 Å². The van der Waals surface area contributed by atoms with E-state index in [-0.39, 0.29) is 18.2 Å². The van der Waals surface area contributed by atoms with Gasteiger partial charge in [-0.05, 0) is 60.7 Å². The van der Waals surface area contributed by atoms with E-state index in [0.29, 0.717) is 12.2 Å². The van der Waals surface area contributed by atoms with Crippen molar-refractivity contribution >= 4 is 23.2 Å². The first-order chi connectivity index (χ1) is 14.0. The molecular formula is C23H29N3O3. The minimum Gasteiger partial charge on any atom is -0.497 e. The highest BCUT2D eigenvalue weighted by atomic mass is 16.5. The third-order valence-corrected chi connectivity index (χ3v) is 5.27. The lowest BCUT2D eigenvalue weighted by Crippen LogP contribution is -2.32. The van der Waals surface area contributed by atoms with Crippen LogP contribution in [-0.4, -0.2) is 32.0 Å². The van der Waals surface area contributed by atoms with E-state index < -0.39 is 0 Å². The molecule has 1 fully saturated rings. The fourth-order valence-electron chi connectivity index (χ4n) is 3.38. The van der Waals surface area contributed by atoms with Crippen LogP contribution in [0.4, 0.5) is 11.4 Å². The Kier molecular flexibility index (Phi) is 7.11. The number of methoxy groups -OCH3 is 1. The van der Waals surface area contributed by atoms with Crippen molar-refractivity contribution in [3.63, 3.8) is 0 Å². The second-order valence-electron chi connectivity index (χ2n) is 7.57. The molecule has 6 nitrogen and oxygen atoms in total. The average molecular weight is 396 g/mol. The largest absolute Gasteiger partial charge is 0.497 e. The fraction of sp³-hybridized carbons (Fsp3) is 0.391. The Hall–Kier alpha value is -3.02. The summed E-state index contributed by atoms with van der Waals surface area (Å²) in [6, 6.07) is 15.3. The lowest BCUT2D eigenvalue weighted by Gasteiger charge is -2.32. The number of nitrogens with zero attached hydrogens (tertiary/aromatic N) is 1. The lowest BCUT2D eigenvalue weighted by atomic mass is 9.99. The van der Waals surface area contributed by atoms with Crippen LogP contribution in [0.25, 0.3) is 0 Å². The molecular weight excluding hydrogens is 366 g/mol. The van der Waals surface area contributed by atoms with E-state index in [9.17, 15) is 9.59 Å². The maximum absolute atomic E-state index is 12.1. The zero-order chi connectivity index (χ0) is 20.6. The van der Waals surface area contributed by atoms with E-state index in [1.165, 1.54) is 18.5 Å². The van der Waals surface area contributed by atoms with Gasteiger partial charge >= 0.3 is 0 Å². The van der Waals surface area contributed by atoms with Crippen LogP contribution >= 0.6 is 0 Å². The van der Waals surface area contributed by atoms with Crippen LogP contribution in [0.15, 0.2) is 48.5 Å². The number of nitrogens with one attached hydrogen (secondary N) is 2. The molecule has 0 saturated carbocycles. The van der Waals surface area contributed by atoms with Crippen LogP contribution in [-0.2, 0) is 16.1 Å². The Morgan fingerprint density at radius 3 is 2.28 bits per heavy atom. The Balaban J connectivity index is 1.42. The van der Waals surface area contributed by atoms with Gasteiger partial charge in [0.2, 0.25) is 11.8 Å². The summed E-state index contributed by atoms with van der Waals surface area (Å²) in [5.74, 6) is 0.926. The number of carbonyl (C=O) groups excluding carboxylic acids is 2. The number of hydrogen-bond acceptors (Lipinski definition) is 4. The number of piperidine rings is 1. The third-order valence-electron chi connectivity index (χ3n) is 5.27. The van der Waals surface area contributed by atoms with Crippen molar-refractivity contribution in [1.82, 2.24) is 5.32 Å². The fourth-order valence-corrected chi connectivity index (χ4v) is 3.38. The first-order valence-corrected chi connectivity index (χ1v) is 10.1. The smallest absolute Gasteiger partial charge is 0.233 e. The third kappa shape index (κ3) is 6.24. The van der Waals surface area contributed by atoms with Gasteiger partial charge in [0.1, 0.15) is 12.2 Å². The Bertz CT molecular complexity index is 810. The van der Waals surface area contributed by atoms with E-state index in [1.807, 2.05) is 48.5 Å². The molecule has 0 radical (unpaired) electrons. The Morgan fingerprint density at radius 2 is 1.66 bits per heavy atom. The SMILES string of the molecule is COc1ccc(CNC(=O)CC(=O)Nc2ccc(N3CCC(C)CC3)cc2)cc1. The molecule has 1 aliphatic heterocycles. The lowest BCUT2D eigenvalue weighted by molar-refractivity contribution is -0.126. The van der Waals surface area contributed by atoms with Crippen molar-refractivity contribution in [3.8, 4) is 5.75 Å². The molecule has 0 atom stereocenters. The summed E-state index contributed by atoms with van der Waals surface area (Å²) >= 11 is 0. The van der Waals surface area contributed by atoms with E-state index in [2.05, 4.69) is 22.5 Å². The molecule has 0 spiro atoms. The maximum Gasteiger partial charge on any atom is 0.233 e. The summed E-state index contributed by atoms with van der Waals surface area (Å²) in [7, 11) is 1.61. The first-order valence-electron chi connectivity index (χ1n) is 10.1. The number of amides is 2. The molecule has 0 bridgehead atoms. The molecule has 3 rings (SSSR count). The van der Waals surface area contributed by atoms with E-state index >= 15 is 0 Å². The molecule has 2 aromatic rings. The summed E-state index contributed by atoms with van der Waals surface area (Å²) in [5.41, 5.74) is 2.82. The average Bonchev–Trinajstić information content (AvgIpc) is 2.74. The summed E-state index contributed by atoms with van der Waals surface area (Å²) in [5, 5.41) is 5.55. The van der Waals surface area contributed by atoms with Gasteiger partial charge in [-0.3, -0.25) is 9.59 Å². The van der Waals surface area contributed by atoms with Crippen molar-refractivity contribution in [1.29, 1.82) is 0 Å². The number of anilines is 2. The number of benzene rings is 2. The Morgan fingerprint density at radius 1 is 1.00 bits per heavy atom. The zero-order valence-corrected chi connectivity index (χ0v) is 17.1. The van der Waals surface area contributed by atoms with Crippen molar-refractivity contribution < 1.29 is 14.3 Å². The number of ether oxygens (including phenoxy) is 1. The van der Waals surface area contributed by atoms with E-state index in [4.69, 9.17) is 4.74 Å². The quantitative estimate of drug-likeness (QED) is 0.703. The standard InChI is InChI=1S/C23H29N3O3/c1-17-11-13-26(14-12-17)20-7-5-19(6-8-20)25-23(28)15-22(27)24-16-18-3-9-21(29-2)10-4-18/h3-10,17H,11-16H2,1-2H3,(H,24,27)(H,25,28). The maximum atomic E-state index is 12.1. The molecule has 2 aromatic carbocycles. The van der Waals surface area contributed by atoms with Gasteiger partial charge in [0.25, 0.3) is 0 Å². The molecule has 154 valence electrons. The molecule has 2 amide bonds. The topological polar surface area (TPSA) is 70.7 Å². The highest BCUT2D eigenvalue weighted by molar-refractivity contribution is 6.03. The summed E-state index contributed by atoms with van der Waals surface area (Å²) in [6.07, 6.45) is 2.22. The number of rotatable bonds is 7. The predicted molar refractivity (Wildman–Crippen MR) is 115 cm³/mol. The molecule has 0 aromatic heterocycles. The van der Waals surface area contributed by atoms with Gasteiger partial charge in [-0.25, -0.2) is 0 Å². The van der Waals surface area contributed by atoms with E-state index in [1.54, 1.807) is 7.11 Å². The molecule has 2 N–H and O–H groups in total. The van der Waals surface area contributed by atoms with Gasteiger partial charge in [0.15, 0.2) is 0 Å². The monoisotopic (exact) mass is 395 g/mol. The van der Waals surface area contributed by atoms with E-state index in [0.717, 1.165) is 30.3 Å². The second-order valence-corrected chi connectivity index (χ2v) is 7.57. The molecule has 0 aliphatic carbocycles. The van der Waals surface area contributed by atoms with Crippen LogP contribution in [0.3, 0.4) is 0 Å².